The molecule has 2 aliphatic rings. The van der Waals surface area contributed by atoms with E-state index in [1.54, 1.807) is 18.2 Å². The van der Waals surface area contributed by atoms with E-state index < -0.39 is 78.2 Å². The number of carbonyl (C=O) groups excluding carboxylic acids is 2. The second-order valence-electron chi connectivity index (χ2n) is 11.9. The normalized spacial score (nSPS) is 16.5. The summed E-state index contributed by atoms with van der Waals surface area (Å²) < 4.78 is 117. The Hall–Kier alpha value is -5.75. The van der Waals surface area contributed by atoms with Crippen LogP contribution in [0.3, 0.4) is 0 Å². The van der Waals surface area contributed by atoms with Crippen molar-refractivity contribution in [3.63, 3.8) is 0 Å². The van der Waals surface area contributed by atoms with Crippen molar-refractivity contribution in [2.24, 2.45) is 0 Å². The summed E-state index contributed by atoms with van der Waals surface area (Å²) in [6, 6.07) is 6.05. The fraction of sp³-hybridized carbons (Fsp3) is 0.281. The number of nitrogens with zero attached hydrogens (tertiary/aromatic N) is 7. The molecule has 2 N–H and O–H groups in total. The van der Waals surface area contributed by atoms with E-state index in [1.165, 1.54) is 18.9 Å². The Kier molecular flexibility index (Phi) is 8.29. The van der Waals surface area contributed by atoms with Gasteiger partial charge in [0.1, 0.15) is 42.2 Å². The zero-order chi connectivity index (χ0) is 36.2. The van der Waals surface area contributed by atoms with Crippen LogP contribution in [-0.4, -0.2) is 46.3 Å². The summed E-state index contributed by atoms with van der Waals surface area (Å²) in [5, 5.41) is 12.5. The molecule has 19 heteroatoms. The lowest BCUT2D eigenvalue weighted by Gasteiger charge is -2.29. The van der Waals surface area contributed by atoms with E-state index in [2.05, 4.69) is 35.8 Å². The van der Waals surface area contributed by atoms with Crippen LogP contribution in [0.1, 0.15) is 69.4 Å². The van der Waals surface area contributed by atoms with Crippen molar-refractivity contribution in [1.82, 2.24) is 45.1 Å². The first kappa shape index (κ1) is 33.7. The van der Waals surface area contributed by atoms with Gasteiger partial charge in [0.25, 0.3) is 30.1 Å². The summed E-state index contributed by atoms with van der Waals surface area (Å²) in [6.45, 7) is -0.938. The lowest BCUT2D eigenvalue weighted by atomic mass is 9.89. The largest absolute Gasteiger partial charge is 0.348 e. The molecule has 1 aliphatic carbocycles. The van der Waals surface area contributed by atoms with Crippen LogP contribution in [0, 0.1) is 11.6 Å². The average Bonchev–Trinajstić information content (AvgIpc) is 3.83. The minimum Gasteiger partial charge on any atom is -0.348 e. The maximum absolute atomic E-state index is 15.1. The zero-order valence-electron chi connectivity index (χ0n) is 25.9. The second kappa shape index (κ2) is 12.5. The van der Waals surface area contributed by atoms with Crippen molar-refractivity contribution in [3.8, 4) is 17.1 Å². The number of rotatable bonds is 9. The number of halogens is 8. The number of amides is 2. The van der Waals surface area contributed by atoms with Crippen molar-refractivity contribution in [2.45, 2.75) is 56.7 Å². The number of carbonyl (C=O) groups is 2. The Labute approximate surface area is 281 Å². The van der Waals surface area contributed by atoms with E-state index in [0.717, 1.165) is 16.8 Å². The molecule has 1 aliphatic heterocycles. The van der Waals surface area contributed by atoms with Crippen molar-refractivity contribution in [2.75, 3.05) is 0 Å². The summed E-state index contributed by atoms with van der Waals surface area (Å²) in [5.41, 5.74) is -3.12. The highest BCUT2D eigenvalue weighted by Gasteiger charge is 2.55. The lowest BCUT2D eigenvalue weighted by molar-refractivity contribution is -0.123. The molecule has 1 atom stereocenters. The first-order valence-corrected chi connectivity index (χ1v) is 15.2. The summed E-state index contributed by atoms with van der Waals surface area (Å²) in [7, 11) is 0. The predicted molar refractivity (Wildman–Crippen MR) is 159 cm³/mol. The molecule has 7 rings (SSSR count). The predicted octanol–water partition coefficient (Wildman–Crippen LogP) is 5.46. The van der Waals surface area contributed by atoms with Crippen molar-refractivity contribution in [3.05, 3.63) is 106 Å². The van der Waals surface area contributed by atoms with Gasteiger partial charge >= 0.3 is 0 Å². The van der Waals surface area contributed by atoms with Crippen LogP contribution in [0.25, 0.3) is 17.1 Å². The molecule has 0 bridgehead atoms. The SMILES string of the molecule is O=C(Cn1nc(C(F)F)c2c1C(F)(F)CCC2(F)F)N[C@@H](Cc1cc(F)cc(F)c1)c1nc(-n2cncn2)ncc1-c1ccc2c(c1)C(=O)NC2. The number of nitrogens with one attached hydrogen (secondary N) is 2. The number of fused-ring (bicyclic) bond motifs is 2. The van der Waals surface area contributed by atoms with Crippen LogP contribution < -0.4 is 10.6 Å². The third-order valence-corrected chi connectivity index (χ3v) is 8.51. The molecule has 2 amide bonds. The molecule has 3 aromatic heterocycles. The topological polar surface area (TPSA) is 133 Å². The van der Waals surface area contributed by atoms with Crippen LogP contribution in [-0.2, 0) is 36.1 Å². The molecule has 11 nitrogen and oxygen atoms in total. The van der Waals surface area contributed by atoms with Gasteiger partial charge in [-0.25, -0.2) is 41.3 Å². The van der Waals surface area contributed by atoms with Crippen LogP contribution in [0.15, 0.2) is 55.2 Å². The highest BCUT2D eigenvalue weighted by molar-refractivity contribution is 5.99. The molecular formula is C32H23F8N9O2. The van der Waals surface area contributed by atoms with Crippen LogP contribution >= 0.6 is 0 Å². The van der Waals surface area contributed by atoms with Gasteiger partial charge in [0.05, 0.1) is 17.3 Å². The fourth-order valence-electron chi connectivity index (χ4n) is 6.27. The monoisotopic (exact) mass is 717 g/mol. The summed E-state index contributed by atoms with van der Waals surface area (Å²) in [6.07, 6.45) is -3.07. The Balaban J connectivity index is 1.33. The standard InChI is InChI=1S/C32H23F8N9O2/c33-18-5-15(6-19(34)9-18)7-22(45-23(50)12-48-27-24(26(47-48)28(35)36)31(37,38)3-4-32(27,39)40)25-21(11-43-30(46-25)49-14-41-13-44-49)16-1-2-17-10-42-29(51)20(17)8-16/h1-2,5-6,8-9,11,13-14,22,28H,3-4,7,10,12H2,(H,42,51)(H,45,50)/t22-/m0/s1. The van der Waals surface area contributed by atoms with E-state index in [0.29, 0.717) is 22.8 Å². The van der Waals surface area contributed by atoms with Gasteiger partial charge < -0.3 is 10.6 Å². The van der Waals surface area contributed by atoms with E-state index in [1.807, 2.05) is 0 Å². The minimum absolute atomic E-state index is 0.000583. The van der Waals surface area contributed by atoms with Gasteiger partial charge in [-0.3, -0.25) is 14.3 Å². The van der Waals surface area contributed by atoms with Crippen LogP contribution in [0.4, 0.5) is 35.1 Å². The third kappa shape index (κ3) is 6.38. The number of hydrogen-bond donors (Lipinski definition) is 2. The smallest absolute Gasteiger partial charge is 0.290 e. The Morgan fingerprint density at radius 1 is 0.980 bits per heavy atom. The fourth-order valence-corrected chi connectivity index (χ4v) is 6.27. The van der Waals surface area contributed by atoms with Gasteiger partial charge in [0.2, 0.25) is 5.91 Å². The maximum Gasteiger partial charge on any atom is 0.290 e. The Morgan fingerprint density at radius 2 is 1.73 bits per heavy atom. The quantitative estimate of drug-likeness (QED) is 0.194. The lowest BCUT2D eigenvalue weighted by Crippen LogP contribution is -2.37. The number of aromatic nitrogens is 7. The van der Waals surface area contributed by atoms with E-state index in [4.69, 9.17) is 0 Å². The molecule has 0 radical (unpaired) electrons. The molecule has 51 heavy (non-hydrogen) atoms. The first-order valence-electron chi connectivity index (χ1n) is 15.2. The zero-order valence-corrected chi connectivity index (χ0v) is 25.9. The molecule has 4 heterocycles. The van der Waals surface area contributed by atoms with Crippen LogP contribution in [0.2, 0.25) is 0 Å². The first-order chi connectivity index (χ1) is 24.2. The van der Waals surface area contributed by atoms with Gasteiger partial charge in [-0.15, -0.1) is 0 Å². The van der Waals surface area contributed by atoms with Crippen LogP contribution in [0.5, 0.6) is 0 Å². The number of benzene rings is 2. The third-order valence-electron chi connectivity index (χ3n) is 8.51. The molecule has 0 unspecified atom stereocenters. The Morgan fingerprint density at radius 3 is 2.43 bits per heavy atom. The molecule has 0 saturated carbocycles. The van der Waals surface area contributed by atoms with Crippen molar-refractivity contribution >= 4 is 11.8 Å². The highest BCUT2D eigenvalue weighted by Crippen LogP contribution is 2.52. The van der Waals surface area contributed by atoms with Crippen molar-refractivity contribution in [1.29, 1.82) is 0 Å². The minimum atomic E-state index is -4.07. The van der Waals surface area contributed by atoms with Gasteiger partial charge in [0, 0.05) is 42.8 Å². The molecule has 264 valence electrons. The second-order valence-corrected chi connectivity index (χ2v) is 11.9. The molecule has 2 aromatic carbocycles. The molecule has 0 fully saturated rings. The molecular weight excluding hydrogens is 694 g/mol. The van der Waals surface area contributed by atoms with E-state index in [9.17, 15) is 35.9 Å². The average molecular weight is 718 g/mol. The van der Waals surface area contributed by atoms with Gasteiger partial charge in [-0.1, -0.05) is 12.1 Å². The van der Waals surface area contributed by atoms with Crippen molar-refractivity contribution < 1.29 is 44.7 Å². The molecule has 5 aromatic rings. The summed E-state index contributed by atoms with van der Waals surface area (Å²) in [5.74, 6) is -11.6. The molecule has 0 spiro atoms. The van der Waals surface area contributed by atoms with Gasteiger partial charge in [0.15, 0.2) is 0 Å². The molecule has 0 saturated heterocycles. The van der Waals surface area contributed by atoms with E-state index >= 15 is 8.78 Å². The summed E-state index contributed by atoms with van der Waals surface area (Å²) >= 11 is 0. The van der Waals surface area contributed by atoms with E-state index in [-0.39, 0.29) is 46.3 Å². The van der Waals surface area contributed by atoms with Gasteiger partial charge in [-0.05, 0) is 41.3 Å². The number of alkyl halides is 6. The number of hydrogen-bond acceptors (Lipinski definition) is 7. The van der Waals surface area contributed by atoms with Gasteiger partial charge in [-0.2, -0.15) is 23.7 Å². The summed E-state index contributed by atoms with van der Waals surface area (Å²) in [4.78, 5) is 38.9. The maximum atomic E-state index is 15.1. The Bertz CT molecular complexity index is 2150. The highest BCUT2D eigenvalue weighted by atomic mass is 19.3.